The lowest BCUT2D eigenvalue weighted by Gasteiger charge is -2.31. The lowest BCUT2D eigenvalue weighted by molar-refractivity contribution is -0.141. The maximum absolute atomic E-state index is 13.3. The Morgan fingerprint density at radius 3 is 2.31 bits per heavy atom. The van der Waals surface area contributed by atoms with Crippen molar-refractivity contribution in [1.29, 1.82) is 0 Å². The van der Waals surface area contributed by atoms with E-state index in [-0.39, 0.29) is 37.7 Å². The molecule has 0 spiro atoms. The van der Waals surface area contributed by atoms with E-state index in [0.29, 0.717) is 30.0 Å². The molecule has 192 valence electrons. The smallest absolute Gasteiger partial charge is 0.242 e. The largest absolute Gasteiger partial charge is 0.492 e. The van der Waals surface area contributed by atoms with E-state index in [0.717, 1.165) is 6.26 Å². The van der Waals surface area contributed by atoms with Crippen LogP contribution in [0, 0.1) is 5.82 Å². The second-order valence-electron chi connectivity index (χ2n) is 8.03. The van der Waals surface area contributed by atoms with E-state index in [4.69, 9.17) is 4.74 Å². The van der Waals surface area contributed by atoms with Gasteiger partial charge in [-0.3, -0.25) is 13.9 Å². The van der Waals surface area contributed by atoms with E-state index >= 15 is 0 Å². The van der Waals surface area contributed by atoms with E-state index < -0.39 is 21.9 Å². The Hall–Kier alpha value is -3.14. The first-order valence-corrected chi connectivity index (χ1v) is 13.4. The zero-order chi connectivity index (χ0) is 26.0. The SMILES string of the molecule is CCOc1ccccc1N(CCCC(=O)N(Cc1ccc(F)cc1)C(CC)C(=O)NC)S(C)(=O)=O. The Kier molecular flexibility index (Phi) is 10.5. The molecule has 10 heteroatoms. The molecule has 35 heavy (non-hydrogen) atoms. The Balaban J connectivity index is 2.21. The molecule has 0 fully saturated rings. The molecule has 1 N–H and O–H groups in total. The molecule has 0 radical (unpaired) electrons. The van der Waals surface area contributed by atoms with Gasteiger partial charge in [-0.1, -0.05) is 31.2 Å². The van der Waals surface area contributed by atoms with Gasteiger partial charge in [0.2, 0.25) is 21.8 Å². The molecule has 0 aliphatic rings. The van der Waals surface area contributed by atoms with Crippen LogP contribution in [0.2, 0.25) is 0 Å². The van der Waals surface area contributed by atoms with Crippen molar-refractivity contribution >= 4 is 27.5 Å². The number of hydrogen-bond acceptors (Lipinski definition) is 5. The van der Waals surface area contributed by atoms with Crippen molar-refractivity contribution in [2.24, 2.45) is 0 Å². The van der Waals surface area contributed by atoms with Crippen LogP contribution >= 0.6 is 0 Å². The standard InChI is InChI=1S/C25H34FN3O5S/c1-5-21(25(31)27-3)28(18-19-13-15-20(26)16-14-19)24(30)12-9-17-29(35(4,32)33)22-10-7-8-11-23(22)34-6-2/h7-8,10-11,13-16,21H,5-6,9,12,17-18H2,1-4H3,(H,27,31). The van der Waals surface area contributed by atoms with Crippen molar-refractivity contribution in [2.75, 3.05) is 30.8 Å². The van der Waals surface area contributed by atoms with Crippen LogP contribution in [-0.4, -0.2) is 57.6 Å². The van der Waals surface area contributed by atoms with Crippen molar-refractivity contribution in [3.63, 3.8) is 0 Å². The molecule has 2 aromatic rings. The maximum Gasteiger partial charge on any atom is 0.242 e. The van der Waals surface area contributed by atoms with Gasteiger partial charge in [-0.25, -0.2) is 12.8 Å². The van der Waals surface area contributed by atoms with Crippen molar-refractivity contribution in [3.05, 3.63) is 59.9 Å². The minimum Gasteiger partial charge on any atom is -0.492 e. The molecule has 0 bridgehead atoms. The highest BCUT2D eigenvalue weighted by Gasteiger charge is 2.28. The second kappa shape index (κ2) is 13.1. The lowest BCUT2D eigenvalue weighted by atomic mass is 10.1. The number of halogens is 1. The highest BCUT2D eigenvalue weighted by atomic mass is 32.2. The van der Waals surface area contributed by atoms with Crippen LogP contribution in [-0.2, 0) is 26.2 Å². The summed E-state index contributed by atoms with van der Waals surface area (Å²) < 4.78 is 45.2. The van der Waals surface area contributed by atoms with Crippen LogP contribution < -0.4 is 14.4 Å². The number of carbonyl (C=O) groups is 2. The Morgan fingerprint density at radius 2 is 1.74 bits per heavy atom. The van der Waals surface area contributed by atoms with Gasteiger partial charge in [0.05, 0.1) is 18.6 Å². The Morgan fingerprint density at radius 1 is 1.09 bits per heavy atom. The van der Waals surface area contributed by atoms with Crippen molar-refractivity contribution in [3.8, 4) is 5.75 Å². The molecule has 0 aliphatic carbocycles. The highest BCUT2D eigenvalue weighted by molar-refractivity contribution is 7.92. The quantitative estimate of drug-likeness (QED) is 0.449. The molecule has 1 unspecified atom stereocenters. The molecule has 0 saturated carbocycles. The van der Waals surface area contributed by atoms with Gasteiger partial charge in [-0.05, 0) is 49.6 Å². The van der Waals surface area contributed by atoms with Crippen molar-refractivity contribution in [1.82, 2.24) is 10.2 Å². The van der Waals surface area contributed by atoms with E-state index in [9.17, 15) is 22.4 Å². The monoisotopic (exact) mass is 507 g/mol. The van der Waals surface area contributed by atoms with E-state index in [2.05, 4.69) is 5.32 Å². The molecule has 0 heterocycles. The fraction of sp³-hybridized carbons (Fsp3) is 0.440. The number of rotatable bonds is 13. The highest BCUT2D eigenvalue weighted by Crippen LogP contribution is 2.30. The molecule has 0 aromatic heterocycles. The number of sulfonamides is 1. The predicted molar refractivity (Wildman–Crippen MR) is 134 cm³/mol. The summed E-state index contributed by atoms with van der Waals surface area (Å²) in [7, 11) is -2.13. The molecule has 2 aromatic carbocycles. The van der Waals surface area contributed by atoms with Crippen LogP contribution in [0.5, 0.6) is 5.75 Å². The summed E-state index contributed by atoms with van der Waals surface area (Å²) in [6.07, 6.45) is 1.76. The number of likely N-dealkylation sites (N-methyl/N-ethyl adjacent to an activating group) is 1. The molecule has 2 amide bonds. The predicted octanol–water partition coefficient (Wildman–Crippen LogP) is 3.32. The molecular weight excluding hydrogens is 473 g/mol. The van der Waals surface area contributed by atoms with Gasteiger partial charge < -0.3 is 15.0 Å². The number of para-hydroxylation sites is 2. The third-order valence-electron chi connectivity index (χ3n) is 5.48. The van der Waals surface area contributed by atoms with Crippen molar-refractivity contribution in [2.45, 2.75) is 45.7 Å². The van der Waals surface area contributed by atoms with E-state index in [1.165, 1.54) is 28.4 Å². The Bertz CT molecular complexity index is 1090. The zero-order valence-electron chi connectivity index (χ0n) is 20.7. The van der Waals surface area contributed by atoms with Gasteiger partial charge in [-0.2, -0.15) is 0 Å². The van der Waals surface area contributed by atoms with Gasteiger partial charge in [0.1, 0.15) is 17.6 Å². The number of nitrogens with zero attached hydrogens (tertiary/aromatic N) is 2. The fourth-order valence-electron chi connectivity index (χ4n) is 3.80. The number of benzene rings is 2. The second-order valence-corrected chi connectivity index (χ2v) is 9.93. The number of amides is 2. The van der Waals surface area contributed by atoms with Gasteiger partial charge in [0.25, 0.3) is 0 Å². The summed E-state index contributed by atoms with van der Waals surface area (Å²) in [5.41, 5.74) is 1.09. The van der Waals surface area contributed by atoms with E-state index in [1.54, 1.807) is 43.3 Å². The Labute approximate surface area is 207 Å². The minimum atomic E-state index is -3.64. The summed E-state index contributed by atoms with van der Waals surface area (Å²) in [6, 6.07) is 11.9. The first-order valence-electron chi connectivity index (χ1n) is 11.6. The van der Waals surface area contributed by atoms with Crippen LogP contribution in [0.25, 0.3) is 0 Å². The number of carbonyl (C=O) groups excluding carboxylic acids is 2. The fourth-order valence-corrected chi connectivity index (χ4v) is 4.76. The average molecular weight is 508 g/mol. The zero-order valence-corrected chi connectivity index (χ0v) is 21.5. The number of hydrogen-bond donors (Lipinski definition) is 1. The average Bonchev–Trinajstić information content (AvgIpc) is 2.82. The molecule has 2 rings (SSSR count). The van der Waals surface area contributed by atoms with Gasteiger partial charge in [0, 0.05) is 26.6 Å². The first-order chi connectivity index (χ1) is 16.6. The lowest BCUT2D eigenvalue weighted by Crippen LogP contribution is -2.48. The van der Waals surface area contributed by atoms with Gasteiger partial charge in [0.15, 0.2) is 0 Å². The molecule has 1 atom stereocenters. The summed E-state index contributed by atoms with van der Waals surface area (Å²) in [6.45, 7) is 4.20. The summed E-state index contributed by atoms with van der Waals surface area (Å²) in [5.74, 6) is -0.545. The van der Waals surface area contributed by atoms with Gasteiger partial charge >= 0.3 is 0 Å². The third-order valence-corrected chi connectivity index (χ3v) is 6.66. The van der Waals surface area contributed by atoms with Crippen molar-refractivity contribution < 1.29 is 27.1 Å². The summed E-state index contributed by atoms with van der Waals surface area (Å²) >= 11 is 0. The normalized spacial score (nSPS) is 12.0. The molecule has 0 aliphatic heterocycles. The summed E-state index contributed by atoms with van der Waals surface area (Å²) in [4.78, 5) is 27.2. The first kappa shape index (κ1) is 28.1. The summed E-state index contributed by atoms with van der Waals surface area (Å²) in [5, 5.41) is 2.59. The number of ether oxygens (including phenoxy) is 1. The number of nitrogens with one attached hydrogen (secondary N) is 1. The minimum absolute atomic E-state index is 0.0253. The molecule has 8 nitrogen and oxygen atoms in total. The topological polar surface area (TPSA) is 96.0 Å². The van der Waals surface area contributed by atoms with Gasteiger partial charge in [-0.15, -0.1) is 0 Å². The van der Waals surface area contributed by atoms with Crippen LogP contribution in [0.15, 0.2) is 48.5 Å². The van der Waals surface area contributed by atoms with E-state index in [1.807, 2.05) is 6.92 Å². The van der Waals surface area contributed by atoms with Crippen LogP contribution in [0.3, 0.4) is 0 Å². The van der Waals surface area contributed by atoms with Crippen LogP contribution in [0.4, 0.5) is 10.1 Å². The number of anilines is 1. The third kappa shape index (κ3) is 7.95. The molecular formula is C25H34FN3O5S. The maximum atomic E-state index is 13.3. The molecule has 0 saturated heterocycles. The van der Waals surface area contributed by atoms with Crippen LogP contribution in [0.1, 0.15) is 38.7 Å².